The molecule has 1 saturated heterocycles. The zero-order valence-corrected chi connectivity index (χ0v) is 11.5. The van der Waals surface area contributed by atoms with Gasteiger partial charge in [-0.25, -0.2) is 8.78 Å². The number of piperazine rings is 1. The van der Waals surface area contributed by atoms with Crippen molar-refractivity contribution in [3.8, 4) is 11.5 Å². The number of para-hydroxylation sites is 1. The number of rotatable bonds is 4. The second-order valence-electron chi connectivity index (χ2n) is 5.19. The molecule has 1 aromatic rings. The number of hydrogen-bond acceptors (Lipinski definition) is 5. The molecule has 3 rings (SSSR count). The van der Waals surface area contributed by atoms with Crippen LogP contribution in [-0.2, 0) is 0 Å². The summed E-state index contributed by atoms with van der Waals surface area (Å²) in [6.07, 6.45) is 0. The van der Waals surface area contributed by atoms with Crippen LogP contribution >= 0.6 is 0 Å². The minimum atomic E-state index is -3.25. The Morgan fingerprint density at radius 3 is 2.76 bits per heavy atom. The van der Waals surface area contributed by atoms with E-state index in [-0.39, 0.29) is 6.79 Å². The summed E-state index contributed by atoms with van der Waals surface area (Å²) in [7, 11) is 0. The van der Waals surface area contributed by atoms with Gasteiger partial charge in [0.05, 0.1) is 0 Å². The molecule has 0 saturated carbocycles. The molecule has 2 N–H and O–H groups in total. The van der Waals surface area contributed by atoms with E-state index in [1.165, 1.54) is 0 Å². The Hall–Kier alpha value is -1.44. The molecule has 2 aliphatic heterocycles. The number of halogens is 2. The van der Waals surface area contributed by atoms with Crippen LogP contribution in [0, 0.1) is 0 Å². The molecule has 5 nitrogen and oxygen atoms in total. The summed E-state index contributed by atoms with van der Waals surface area (Å²) in [5.74, 6) is -2.42. The van der Waals surface area contributed by atoms with E-state index >= 15 is 0 Å². The first-order valence-electron chi connectivity index (χ1n) is 6.95. The highest BCUT2D eigenvalue weighted by atomic mass is 19.3. The van der Waals surface area contributed by atoms with Crippen molar-refractivity contribution in [2.24, 2.45) is 0 Å². The minimum absolute atomic E-state index is 0.0331. The predicted molar refractivity (Wildman–Crippen MR) is 71.8 cm³/mol. The van der Waals surface area contributed by atoms with Crippen LogP contribution in [0.4, 0.5) is 8.78 Å². The first-order valence-corrected chi connectivity index (χ1v) is 6.95. The highest BCUT2D eigenvalue weighted by Crippen LogP contribution is 2.45. The molecular weight excluding hydrogens is 282 g/mol. The molecule has 0 unspecified atom stereocenters. The van der Waals surface area contributed by atoms with Crippen LogP contribution in [0.15, 0.2) is 18.2 Å². The van der Waals surface area contributed by atoms with Crippen molar-refractivity contribution in [1.82, 2.24) is 10.2 Å². The number of benzene rings is 1. The Labute approximate surface area is 121 Å². The van der Waals surface area contributed by atoms with Crippen molar-refractivity contribution < 1.29 is 23.4 Å². The summed E-state index contributed by atoms with van der Waals surface area (Å²) in [6.45, 7) is 1.10. The summed E-state index contributed by atoms with van der Waals surface area (Å²) in [5, 5.41) is 12.3. The van der Waals surface area contributed by atoms with Crippen LogP contribution in [0.2, 0.25) is 0 Å². The molecule has 7 heteroatoms. The maximum absolute atomic E-state index is 14.3. The van der Waals surface area contributed by atoms with Crippen molar-refractivity contribution in [1.29, 1.82) is 0 Å². The number of fused-ring (bicyclic) bond motifs is 1. The molecule has 0 amide bonds. The highest BCUT2D eigenvalue weighted by molar-refractivity contribution is 5.50. The summed E-state index contributed by atoms with van der Waals surface area (Å²) >= 11 is 0. The zero-order chi connectivity index (χ0) is 14.9. The Bertz CT molecular complexity index is 507. The molecule has 1 fully saturated rings. The number of ether oxygens (including phenoxy) is 2. The van der Waals surface area contributed by atoms with E-state index in [4.69, 9.17) is 14.6 Å². The van der Waals surface area contributed by atoms with E-state index < -0.39 is 18.6 Å². The molecule has 1 aromatic carbocycles. The third-order valence-electron chi connectivity index (χ3n) is 3.85. The standard InChI is InChI=1S/C14H18F2N2O3/c15-14(16,8-19)13(18-6-4-17-5-7-18)10-2-1-3-11-12(10)21-9-20-11/h1-3,13,17,19H,4-9H2/t13-/m1/s1. The zero-order valence-electron chi connectivity index (χ0n) is 11.5. The fourth-order valence-corrected chi connectivity index (χ4v) is 2.89. The maximum Gasteiger partial charge on any atom is 0.290 e. The summed E-state index contributed by atoms with van der Waals surface area (Å²) < 4.78 is 39.3. The van der Waals surface area contributed by atoms with Crippen LogP contribution in [0.1, 0.15) is 11.6 Å². The second kappa shape index (κ2) is 5.75. The van der Waals surface area contributed by atoms with E-state index in [1.807, 2.05) is 0 Å². The number of alkyl halides is 2. The number of hydrogen-bond donors (Lipinski definition) is 2. The monoisotopic (exact) mass is 300 g/mol. The van der Waals surface area contributed by atoms with Gasteiger partial charge >= 0.3 is 0 Å². The van der Waals surface area contributed by atoms with E-state index in [9.17, 15) is 8.78 Å². The van der Waals surface area contributed by atoms with E-state index in [0.29, 0.717) is 43.2 Å². The third-order valence-corrected chi connectivity index (χ3v) is 3.85. The van der Waals surface area contributed by atoms with Gasteiger partial charge in [-0.3, -0.25) is 4.90 Å². The Morgan fingerprint density at radius 2 is 2.05 bits per heavy atom. The van der Waals surface area contributed by atoms with Gasteiger partial charge in [0, 0.05) is 31.7 Å². The largest absolute Gasteiger partial charge is 0.454 e. The molecule has 1 atom stereocenters. The normalized spacial score (nSPS) is 20.5. The van der Waals surface area contributed by atoms with Gasteiger partial charge < -0.3 is 19.9 Å². The van der Waals surface area contributed by atoms with E-state index in [1.54, 1.807) is 23.1 Å². The molecular formula is C14H18F2N2O3. The lowest BCUT2D eigenvalue weighted by atomic mass is 9.97. The van der Waals surface area contributed by atoms with Gasteiger partial charge in [0.25, 0.3) is 5.92 Å². The fourth-order valence-electron chi connectivity index (χ4n) is 2.89. The smallest absolute Gasteiger partial charge is 0.290 e. The molecule has 116 valence electrons. The van der Waals surface area contributed by atoms with Gasteiger partial charge in [-0.1, -0.05) is 12.1 Å². The molecule has 0 radical (unpaired) electrons. The molecule has 0 bridgehead atoms. The van der Waals surface area contributed by atoms with Crippen molar-refractivity contribution >= 4 is 0 Å². The van der Waals surface area contributed by atoms with Crippen molar-refractivity contribution in [3.05, 3.63) is 23.8 Å². The van der Waals surface area contributed by atoms with Gasteiger partial charge in [-0.15, -0.1) is 0 Å². The number of aliphatic hydroxyl groups is 1. The van der Waals surface area contributed by atoms with Crippen LogP contribution in [0.5, 0.6) is 11.5 Å². The van der Waals surface area contributed by atoms with E-state index in [0.717, 1.165) is 0 Å². The minimum Gasteiger partial charge on any atom is -0.454 e. The lowest BCUT2D eigenvalue weighted by Crippen LogP contribution is -2.51. The Morgan fingerprint density at radius 1 is 1.29 bits per heavy atom. The van der Waals surface area contributed by atoms with Gasteiger partial charge in [0.2, 0.25) is 6.79 Å². The first-order chi connectivity index (χ1) is 10.1. The van der Waals surface area contributed by atoms with Gasteiger partial charge in [-0.2, -0.15) is 0 Å². The van der Waals surface area contributed by atoms with E-state index in [2.05, 4.69) is 5.32 Å². The molecule has 0 aromatic heterocycles. The Balaban J connectivity index is 2.01. The summed E-state index contributed by atoms with van der Waals surface area (Å²) in [5.41, 5.74) is 0.367. The quantitative estimate of drug-likeness (QED) is 0.868. The molecule has 0 spiro atoms. The van der Waals surface area contributed by atoms with Crippen LogP contribution in [0.3, 0.4) is 0 Å². The SMILES string of the molecule is OCC(F)(F)[C@@H](c1cccc2c1OCO2)N1CCNCC1. The molecule has 0 aliphatic carbocycles. The molecule has 2 aliphatic rings. The average Bonchev–Trinajstić information content (AvgIpc) is 2.98. The summed E-state index contributed by atoms with van der Waals surface area (Å²) in [4.78, 5) is 1.68. The highest BCUT2D eigenvalue weighted by Gasteiger charge is 2.46. The lowest BCUT2D eigenvalue weighted by Gasteiger charge is -2.38. The van der Waals surface area contributed by atoms with Crippen molar-refractivity contribution in [2.45, 2.75) is 12.0 Å². The van der Waals surface area contributed by atoms with Crippen molar-refractivity contribution in [2.75, 3.05) is 39.6 Å². The number of nitrogens with one attached hydrogen (secondary N) is 1. The summed E-state index contributed by atoms with van der Waals surface area (Å²) in [6, 6.07) is 3.76. The first kappa shape index (κ1) is 14.5. The Kier molecular flexibility index (Phi) is 3.97. The fraction of sp³-hybridized carbons (Fsp3) is 0.571. The van der Waals surface area contributed by atoms with Gasteiger partial charge in [0.1, 0.15) is 12.6 Å². The van der Waals surface area contributed by atoms with Crippen LogP contribution in [0.25, 0.3) is 0 Å². The van der Waals surface area contributed by atoms with Crippen molar-refractivity contribution in [3.63, 3.8) is 0 Å². The van der Waals surface area contributed by atoms with Crippen LogP contribution < -0.4 is 14.8 Å². The molecule has 2 heterocycles. The third kappa shape index (κ3) is 2.68. The molecule has 21 heavy (non-hydrogen) atoms. The average molecular weight is 300 g/mol. The number of aliphatic hydroxyl groups excluding tert-OH is 1. The maximum atomic E-state index is 14.3. The predicted octanol–water partition coefficient (Wildman–Crippen LogP) is 0.989. The second-order valence-corrected chi connectivity index (χ2v) is 5.19. The van der Waals surface area contributed by atoms with Crippen LogP contribution in [-0.4, -0.2) is 55.5 Å². The van der Waals surface area contributed by atoms with Gasteiger partial charge in [-0.05, 0) is 6.07 Å². The topological polar surface area (TPSA) is 54.0 Å². The lowest BCUT2D eigenvalue weighted by molar-refractivity contribution is -0.119. The van der Waals surface area contributed by atoms with Gasteiger partial charge in [0.15, 0.2) is 11.5 Å². The number of nitrogens with zero attached hydrogens (tertiary/aromatic N) is 1.